The van der Waals surface area contributed by atoms with Gasteiger partial charge in [0.1, 0.15) is 11.9 Å². The van der Waals surface area contributed by atoms with E-state index in [-0.39, 0.29) is 17.7 Å². The number of ether oxygens (including phenoxy) is 1. The molecule has 0 saturated carbocycles. The average Bonchev–Trinajstić information content (AvgIpc) is 3.26. The molecule has 1 saturated heterocycles. The number of nitrogens with zero attached hydrogens (tertiary/aromatic N) is 2. The van der Waals surface area contributed by atoms with Gasteiger partial charge in [-0.3, -0.25) is 4.90 Å². The van der Waals surface area contributed by atoms with Crippen LogP contribution in [0.5, 0.6) is 5.75 Å². The lowest BCUT2D eigenvalue weighted by atomic mass is 9.91. The van der Waals surface area contributed by atoms with Gasteiger partial charge in [-0.05, 0) is 44.1 Å². The molecule has 3 aromatic rings. The van der Waals surface area contributed by atoms with Crippen LogP contribution in [0.3, 0.4) is 0 Å². The first-order chi connectivity index (χ1) is 13.2. The van der Waals surface area contributed by atoms with E-state index in [1.165, 1.54) is 18.2 Å². The maximum Gasteiger partial charge on any atom is 0.170 e. The molecule has 27 heavy (non-hydrogen) atoms. The second kappa shape index (κ2) is 6.60. The Labute approximate surface area is 155 Å². The van der Waals surface area contributed by atoms with Crippen LogP contribution in [-0.4, -0.2) is 35.8 Å². The van der Waals surface area contributed by atoms with Crippen molar-refractivity contribution in [1.29, 1.82) is 0 Å². The summed E-state index contributed by atoms with van der Waals surface area (Å²) in [7, 11) is 0. The lowest BCUT2D eigenvalue weighted by Crippen LogP contribution is -2.40. The smallest absolute Gasteiger partial charge is 0.170 e. The van der Waals surface area contributed by atoms with Crippen molar-refractivity contribution in [2.75, 3.05) is 19.6 Å². The zero-order valence-electron chi connectivity index (χ0n) is 14.8. The van der Waals surface area contributed by atoms with Crippen LogP contribution in [0.25, 0.3) is 11.0 Å². The highest BCUT2D eigenvalue weighted by Crippen LogP contribution is 2.35. The molecule has 2 aliphatic heterocycles. The molecule has 0 aliphatic carbocycles. The van der Waals surface area contributed by atoms with E-state index in [1.807, 2.05) is 6.07 Å². The number of para-hydroxylation sites is 1. The summed E-state index contributed by atoms with van der Waals surface area (Å²) < 4.78 is 38.3. The van der Waals surface area contributed by atoms with Crippen LogP contribution in [-0.2, 0) is 6.42 Å². The first-order valence-corrected chi connectivity index (χ1v) is 9.38. The van der Waals surface area contributed by atoms with Crippen molar-refractivity contribution in [3.05, 3.63) is 59.3 Å². The Bertz CT molecular complexity index is 979. The highest BCUT2D eigenvalue weighted by Gasteiger charge is 2.30. The SMILES string of the molecule is Fc1ccc2c(C3CCN(CC4Cc5cccc(F)c5O4)CC3)noc2c1. The number of benzene rings is 2. The summed E-state index contributed by atoms with van der Waals surface area (Å²) in [6, 6.07) is 9.70. The molecular formula is C21H20F2N2O2. The van der Waals surface area contributed by atoms with E-state index in [2.05, 4.69) is 10.1 Å². The van der Waals surface area contributed by atoms with Crippen LogP contribution in [0.15, 0.2) is 40.9 Å². The molecule has 1 unspecified atom stereocenters. The Hall–Kier alpha value is -2.47. The summed E-state index contributed by atoms with van der Waals surface area (Å²) in [5.41, 5.74) is 2.39. The minimum absolute atomic E-state index is 0.00399. The van der Waals surface area contributed by atoms with Gasteiger partial charge in [0.2, 0.25) is 0 Å². The van der Waals surface area contributed by atoms with Gasteiger partial charge in [0, 0.05) is 35.9 Å². The molecule has 1 atom stereocenters. The predicted octanol–water partition coefficient (Wildman–Crippen LogP) is 4.29. The number of halogens is 2. The van der Waals surface area contributed by atoms with Gasteiger partial charge in [0.15, 0.2) is 17.1 Å². The highest BCUT2D eigenvalue weighted by atomic mass is 19.1. The van der Waals surface area contributed by atoms with Crippen LogP contribution >= 0.6 is 0 Å². The van der Waals surface area contributed by atoms with E-state index in [4.69, 9.17) is 9.26 Å². The molecule has 5 rings (SSSR count). The summed E-state index contributed by atoms with van der Waals surface area (Å²) in [5.74, 6) is 0.142. The third-order valence-corrected chi connectivity index (χ3v) is 5.68. The molecular weight excluding hydrogens is 350 g/mol. The average molecular weight is 370 g/mol. The van der Waals surface area contributed by atoms with E-state index in [0.29, 0.717) is 17.3 Å². The molecule has 0 spiro atoms. The fourth-order valence-corrected chi connectivity index (χ4v) is 4.30. The minimum Gasteiger partial charge on any atom is -0.485 e. The summed E-state index contributed by atoms with van der Waals surface area (Å²) >= 11 is 0. The number of likely N-dealkylation sites (tertiary alicyclic amines) is 1. The molecule has 0 N–H and O–H groups in total. The zero-order chi connectivity index (χ0) is 18.4. The second-order valence-corrected chi connectivity index (χ2v) is 7.46. The largest absolute Gasteiger partial charge is 0.485 e. The highest BCUT2D eigenvalue weighted by molar-refractivity contribution is 5.79. The Kier molecular flexibility index (Phi) is 4.08. The number of aromatic nitrogens is 1. The standard InChI is InChI=1S/C21H20F2N2O2/c22-15-4-5-17-19(11-15)27-24-20(17)13-6-8-25(9-7-13)12-16-10-14-2-1-3-18(23)21(14)26-16/h1-5,11,13,16H,6-10,12H2. The van der Waals surface area contributed by atoms with Crippen molar-refractivity contribution in [1.82, 2.24) is 10.1 Å². The van der Waals surface area contributed by atoms with Crippen LogP contribution in [0.2, 0.25) is 0 Å². The van der Waals surface area contributed by atoms with Crippen LogP contribution in [0.1, 0.15) is 30.0 Å². The van der Waals surface area contributed by atoms with Crippen molar-refractivity contribution in [2.24, 2.45) is 0 Å². The van der Waals surface area contributed by atoms with E-state index in [1.54, 1.807) is 12.1 Å². The maximum absolute atomic E-state index is 13.8. The van der Waals surface area contributed by atoms with Gasteiger partial charge < -0.3 is 9.26 Å². The lowest BCUT2D eigenvalue weighted by molar-refractivity contribution is 0.125. The Balaban J connectivity index is 1.21. The Morgan fingerprint density at radius 1 is 1.11 bits per heavy atom. The number of rotatable bonds is 3. The molecule has 2 aromatic carbocycles. The Morgan fingerprint density at radius 3 is 2.78 bits per heavy atom. The topological polar surface area (TPSA) is 38.5 Å². The molecule has 3 heterocycles. The van der Waals surface area contributed by atoms with E-state index >= 15 is 0 Å². The number of hydrogen-bond donors (Lipinski definition) is 0. The molecule has 0 bridgehead atoms. The van der Waals surface area contributed by atoms with Gasteiger partial charge in [-0.15, -0.1) is 0 Å². The fraction of sp³-hybridized carbons (Fsp3) is 0.381. The van der Waals surface area contributed by atoms with Gasteiger partial charge in [0.05, 0.1) is 5.69 Å². The molecule has 4 nitrogen and oxygen atoms in total. The van der Waals surface area contributed by atoms with Crippen LogP contribution in [0.4, 0.5) is 8.78 Å². The van der Waals surface area contributed by atoms with E-state index in [0.717, 1.165) is 55.5 Å². The van der Waals surface area contributed by atoms with Crippen molar-refractivity contribution >= 4 is 11.0 Å². The Morgan fingerprint density at radius 2 is 1.96 bits per heavy atom. The van der Waals surface area contributed by atoms with Crippen molar-refractivity contribution in [2.45, 2.75) is 31.3 Å². The third kappa shape index (κ3) is 3.08. The van der Waals surface area contributed by atoms with Crippen molar-refractivity contribution in [3.8, 4) is 5.75 Å². The maximum atomic E-state index is 13.8. The van der Waals surface area contributed by atoms with E-state index < -0.39 is 0 Å². The van der Waals surface area contributed by atoms with E-state index in [9.17, 15) is 8.78 Å². The van der Waals surface area contributed by atoms with Gasteiger partial charge in [0.25, 0.3) is 0 Å². The first kappa shape index (κ1) is 16.7. The molecule has 1 fully saturated rings. The summed E-state index contributed by atoms with van der Waals surface area (Å²) in [5, 5.41) is 5.10. The molecule has 0 radical (unpaired) electrons. The van der Waals surface area contributed by atoms with Gasteiger partial charge in [-0.1, -0.05) is 17.3 Å². The summed E-state index contributed by atoms with van der Waals surface area (Å²) in [4.78, 5) is 2.37. The molecule has 2 aliphatic rings. The van der Waals surface area contributed by atoms with Gasteiger partial charge >= 0.3 is 0 Å². The fourth-order valence-electron chi connectivity index (χ4n) is 4.30. The minimum atomic E-state index is -0.311. The number of piperidine rings is 1. The second-order valence-electron chi connectivity index (χ2n) is 7.46. The van der Waals surface area contributed by atoms with Crippen LogP contribution in [0, 0.1) is 11.6 Å². The number of fused-ring (bicyclic) bond motifs is 2. The molecule has 6 heteroatoms. The number of hydrogen-bond acceptors (Lipinski definition) is 4. The van der Waals surface area contributed by atoms with Crippen LogP contribution < -0.4 is 4.74 Å². The van der Waals surface area contributed by atoms with Crippen molar-refractivity contribution in [3.63, 3.8) is 0 Å². The first-order valence-electron chi connectivity index (χ1n) is 9.38. The summed E-state index contributed by atoms with van der Waals surface area (Å²) in [6.07, 6.45) is 2.69. The third-order valence-electron chi connectivity index (χ3n) is 5.68. The van der Waals surface area contributed by atoms with Gasteiger partial charge in [-0.2, -0.15) is 0 Å². The lowest BCUT2D eigenvalue weighted by Gasteiger charge is -2.32. The van der Waals surface area contributed by atoms with Gasteiger partial charge in [-0.25, -0.2) is 8.78 Å². The molecule has 1 aromatic heterocycles. The molecule has 0 amide bonds. The summed E-state index contributed by atoms with van der Waals surface area (Å²) in [6.45, 7) is 2.66. The quantitative estimate of drug-likeness (QED) is 0.689. The predicted molar refractivity (Wildman–Crippen MR) is 96.9 cm³/mol. The normalized spacial score (nSPS) is 20.7. The molecule has 140 valence electrons. The zero-order valence-corrected chi connectivity index (χ0v) is 14.8. The monoisotopic (exact) mass is 370 g/mol. The van der Waals surface area contributed by atoms with Crippen molar-refractivity contribution < 1.29 is 18.0 Å².